The van der Waals surface area contributed by atoms with Crippen LogP contribution < -0.4 is 5.32 Å². The lowest BCUT2D eigenvalue weighted by Gasteiger charge is -2.19. The molecule has 2 aromatic carbocycles. The van der Waals surface area contributed by atoms with E-state index in [2.05, 4.69) is 10.3 Å². The minimum absolute atomic E-state index is 0.214. The molecular weight excluding hydrogens is 376 g/mol. The lowest BCUT2D eigenvalue weighted by atomic mass is 9.98. The first kappa shape index (κ1) is 19.6. The van der Waals surface area contributed by atoms with Crippen LogP contribution in [0.3, 0.4) is 0 Å². The highest BCUT2D eigenvalue weighted by molar-refractivity contribution is 6.33. The number of nitrogens with zero attached hydrogens (tertiary/aromatic N) is 1. The van der Waals surface area contributed by atoms with Crippen molar-refractivity contribution < 1.29 is 14.7 Å². The molecule has 0 fully saturated rings. The molecule has 6 heteroatoms. The zero-order valence-electron chi connectivity index (χ0n) is 15.2. The minimum Gasteiger partial charge on any atom is -0.481 e. The van der Waals surface area contributed by atoms with E-state index in [9.17, 15) is 14.7 Å². The Hall–Kier alpha value is -3.18. The third-order valence-corrected chi connectivity index (χ3v) is 4.76. The van der Waals surface area contributed by atoms with Gasteiger partial charge in [0.05, 0.1) is 18.0 Å². The summed E-state index contributed by atoms with van der Waals surface area (Å²) in [5, 5.41) is 12.6. The highest BCUT2D eigenvalue weighted by atomic mass is 35.5. The van der Waals surface area contributed by atoms with Gasteiger partial charge in [-0.05, 0) is 30.2 Å². The van der Waals surface area contributed by atoms with Crippen molar-refractivity contribution in [3.63, 3.8) is 0 Å². The van der Waals surface area contributed by atoms with Crippen LogP contribution in [0.5, 0.6) is 0 Å². The number of benzene rings is 2. The number of rotatable bonds is 6. The van der Waals surface area contributed by atoms with Crippen LogP contribution in [-0.4, -0.2) is 22.0 Å². The average Bonchev–Trinajstić information content (AvgIpc) is 2.68. The maximum Gasteiger partial charge on any atom is 0.305 e. The molecule has 0 aliphatic carbocycles. The summed E-state index contributed by atoms with van der Waals surface area (Å²) in [6.45, 7) is 1.88. The Morgan fingerprint density at radius 2 is 1.82 bits per heavy atom. The first-order chi connectivity index (χ1) is 13.5. The molecule has 28 heavy (non-hydrogen) atoms. The standard InChI is InChI=1S/C22H19ClN2O3/c1-14-6-2-3-7-17(14)20(11-21(26)27)25-22(28)16-10-15(12-24-13-16)18-8-4-5-9-19(18)23/h2-10,12-13,20H,11H2,1H3,(H,25,28)(H,26,27). The number of aryl methyl sites for hydroxylation is 1. The quantitative estimate of drug-likeness (QED) is 0.637. The maximum absolute atomic E-state index is 12.8. The Morgan fingerprint density at radius 3 is 2.54 bits per heavy atom. The van der Waals surface area contributed by atoms with E-state index in [0.29, 0.717) is 16.1 Å². The summed E-state index contributed by atoms with van der Waals surface area (Å²) >= 11 is 6.24. The van der Waals surface area contributed by atoms with Gasteiger partial charge in [0.15, 0.2) is 0 Å². The van der Waals surface area contributed by atoms with Crippen molar-refractivity contribution in [3.05, 3.63) is 88.7 Å². The number of hydrogen-bond acceptors (Lipinski definition) is 3. The number of nitrogens with one attached hydrogen (secondary N) is 1. The van der Waals surface area contributed by atoms with Crippen molar-refractivity contribution in [3.8, 4) is 11.1 Å². The van der Waals surface area contributed by atoms with E-state index in [4.69, 9.17) is 11.6 Å². The number of carbonyl (C=O) groups excluding carboxylic acids is 1. The second-order valence-electron chi connectivity index (χ2n) is 6.42. The van der Waals surface area contributed by atoms with Gasteiger partial charge in [0.1, 0.15) is 0 Å². The summed E-state index contributed by atoms with van der Waals surface area (Å²) in [5.74, 6) is -1.38. The number of carbonyl (C=O) groups is 2. The monoisotopic (exact) mass is 394 g/mol. The van der Waals surface area contributed by atoms with Gasteiger partial charge in [-0.25, -0.2) is 0 Å². The molecule has 0 aliphatic heterocycles. The average molecular weight is 395 g/mol. The molecule has 2 N–H and O–H groups in total. The van der Waals surface area contributed by atoms with Crippen molar-refractivity contribution >= 4 is 23.5 Å². The van der Waals surface area contributed by atoms with Crippen LogP contribution in [0.4, 0.5) is 0 Å². The molecule has 0 saturated carbocycles. The lowest BCUT2D eigenvalue weighted by Crippen LogP contribution is -2.30. The van der Waals surface area contributed by atoms with Crippen LogP contribution in [0.1, 0.15) is 33.9 Å². The predicted molar refractivity (Wildman–Crippen MR) is 108 cm³/mol. The van der Waals surface area contributed by atoms with E-state index >= 15 is 0 Å². The molecule has 0 spiro atoms. The van der Waals surface area contributed by atoms with Gasteiger partial charge in [0.2, 0.25) is 0 Å². The Kier molecular flexibility index (Phi) is 6.06. The number of pyridine rings is 1. The highest BCUT2D eigenvalue weighted by Crippen LogP contribution is 2.28. The summed E-state index contributed by atoms with van der Waals surface area (Å²) in [6, 6.07) is 15.8. The molecule has 1 amide bonds. The number of amides is 1. The molecule has 0 aliphatic rings. The van der Waals surface area contributed by atoms with Crippen LogP contribution in [-0.2, 0) is 4.79 Å². The van der Waals surface area contributed by atoms with Crippen molar-refractivity contribution in [2.75, 3.05) is 0 Å². The fourth-order valence-electron chi connectivity index (χ4n) is 3.04. The second kappa shape index (κ2) is 8.67. The summed E-state index contributed by atoms with van der Waals surface area (Å²) in [6.07, 6.45) is 2.87. The molecule has 142 valence electrons. The molecule has 0 radical (unpaired) electrons. The zero-order valence-corrected chi connectivity index (χ0v) is 16.0. The van der Waals surface area contributed by atoms with Crippen LogP contribution in [0.25, 0.3) is 11.1 Å². The van der Waals surface area contributed by atoms with Gasteiger partial charge in [-0.15, -0.1) is 0 Å². The Labute approximate surface area is 168 Å². The number of carboxylic acid groups (broad SMARTS) is 1. The van der Waals surface area contributed by atoms with Crippen molar-refractivity contribution in [2.45, 2.75) is 19.4 Å². The molecule has 1 atom stereocenters. The third-order valence-electron chi connectivity index (χ3n) is 4.43. The molecular formula is C22H19ClN2O3. The molecule has 1 aromatic heterocycles. The number of carboxylic acids is 1. The molecule has 0 bridgehead atoms. The number of halogens is 1. The van der Waals surface area contributed by atoms with Crippen molar-refractivity contribution in [1.82, 2.24) is 10.3 Å². The van der Waals surface area contributed by atoms with Gasteiger partial charge in [0, 0.05) is 28.5 Å². The number of hydrogen-bond donors (Lipinski definition) is 2. The first-order valence-corrected chi connectivity index (χ1v) is 9.11. The molecule has 0 saturated heterocycles. The fourth-order valence-corrected chi connectivity index (χ4v) is 3.28. The minimum atomic E-state index is -0.989. The van der Waals surface area contributed by atoms with E-state index in [-0.39, 0.29) is 6.42 Å². The fraction of sp³-hybridized carbons (Fsp3) is 0.136. The van der Waals surface area contributed by atoms with Gasteiger partial charge >= 0.3 is 5.97 Å². The van der Waals surface area contributed by atoms with E-state index < -0.39 is 17.9 Å². The van der Waals surface area contributed by atoms with Crippen molar-refractivity contribution in [2.24, 2.45) is 0 Å². The van der Waals surface area contributed by atoms with Gasteiger partial charge in [-0.3, -0.25) is 14.6 Å². The third kappa shape index (κ3) is 4.56. The van der Waals surface area contributed by atoms with Crippen LogP contribution in [0, 0.1) is 6.92 Å². The zero-order chi connectivity index (χ0) is 20.1. The smallest absolute Gasteiger partial charge is 0.305 e. The Morgan fingerprint density at radius 1 is 1.11 bits per heavy atom. The van der Waals surface area contributed by atoms with Crippen LogP contribution in [0.2, 0.25) is 5.02 Å². The Balaban J connectivity index is 1.88. The first-order valence-electron chi connectivity index (χ1n) is 8.74. The SMILES string of the molecule is Cc1ccccc1C(CC(=O)O)NC(=O)c1cncc(-c2ccccc2Cl)c1. The van der Waals surface area contributed by atoms with Gasteiger partial charge in [-0.1, -0.05) is 54.1 Å². The lowest BCUT2D eigenvalue weighted by molar-refractivity contribution is -0.137. The molecule has 1 heterocycles. The van der Waals surface area contributed by atoms with Crippen LogP contribution >= 0.6 is 11.6 Å². The van der Waals surface area contributed by atoms with Gasteiger partial charge < -0.3 is 10.4 Å². The molecule has 3 rings (SSSR count). The normalized spacial score (nSPS) is 11.6. The summed E-state index contributed by atoms with van der Waals surface area (Å²) in [7, 11) is 0. The van der Waals surface area contributed by atoms with E-state index in [1.54, 1.807) is 18.3 Å². The van der Waals surface area contributed by atoms with Crippen molar-refractivity contribution in [1.29, 1.82) is 0 Å². The van der Waals surface area contributed by atoms with Gasteiger partial charge in [0.25, 0.3) is 5.91 Å². The second-order valence-corrected chi connectivity index (χ2v) is 6.83. The largest absolute Gasteiger partial charge is 0.481 e. The highest BCUT2D eigenvalue weighted by Gasteiger charge is 2.21. The van der Waals surface area contributed by atoms with E-state index in [1.165, 1.54) is 6.20 Å². The molecule has 1 unspecified atom stereocenters. The summed E-state index contributed by atoms with van der Waals surface area (Å²) < 4.78 is 0. The van der Waals surface area contributed by atoms with E-state index in [0.717, 1.165) is 16.7 Å². The van der Waals surface area contributed by atoms with Crippen LogP contribution in [0.15, 0.2) is 67.0 Å². The predicted octanol–water partition coefficient (Wildman–Crippen LogP) is 4.66. The molecule has 5 nitrogen and oxygen atoms in total. The van der Waals surface area contributed by atoms with E-state index in [1.807, 2.05) is 49.4 Å². The van der Waals surface area contributed by atoms with Gasteiger partial charge in [-0.2, -0.15) is 0 Å². The topological polar surface area (TPSA) is 79.3 Å². The summed E-state index contributed by atoms with van der Waals surface area (Å²) in [4.78, 5) is 28.3. The Bertz CT molecular complexity index is 1020. The number of aromatic nitrogens is 1. The summed E-state index contributed by atoms with van der Waals surface area (Å²) in [5.41, 5.74) is 3.50. The maximum atomic E-state index is 12.8. The number of aliphatic carboxylic acids is 1. The molecule has 3 aromatic rings.